The molecule has 2 heterocycles. The Balaban J connectivity index is 1.63. The number of piperidine rings is 1. The topological polar surface area (TPSA) is 89.7 Å². The first-order valence-corrected chi connectivity index (χ1v) is 12.1. The van der Waals surface area contributed by atoms with E-state index in [4.69, 9.17) is 9.26 Å². The number of aromatic nitrogens is 1. The van der Waals surface area contributed by atoms with E-state index >= 15 is 0 Å². The molecule has 13 heteroatoms. The molecular weight excluding hydrogens is 487 g/mol. The van der Waals surface area contributed by atoms with Crippen LogP contribution >= 0.6 is 0 Å². The summed E-state index contributed by atoms with van der Waals surface area (Å²) in [7, 11) is -3.76. The second-order valence-corrected chi connectivity index (χ2v) is 11.0. The molecule has 0 bridgehead atoms. The van der Waals surface area contributed by atoms with Crippen LogP contribution in [0, 0.1) is 12.8 Å². The number of ether oxygens (including phenoxy) is 1. The highest BCUT2D eigenvalue weighted by atomic mass is 32.2. The van der Waals surface area contributed by atoms with E-state index < -0.39 is 51.4 Å². The fourth-order valence-electron chi connectivity index (χ4n) is 4.58. The standard InChI is InChI=1S/C21H21F5N2O5S/c1-11-16(27-33-17(11)19(2,22)23)20-7-12(20)8-28(9-20)18(29)14-6-13(34(3,30)31)4-5-15(14)32-10-21(24,25)26/h4-6,12H,7-10H2,1-3H3. The fourth-order valence-corrected chi connectivity index (χ4v) is 5.22. The Morgan fingerprint density at radius 3 is 2.53 bits per heavy atom. The van der Waals surface area contributed by atoms with Gasteiger partial charge in [-0.05, 0) is 37.5 Å². The number of likely N-dealkylation sites (tertiary alicyclic amines) is 1. The van der Waals surface area contributed by atoms with E-state index in [9.17, 15) is 35.2 Å². The molecule has 2 unspecified atom stereocenters. The SMILES string of the molecule is Cc1c(C23CC2CN(C(=O)c2cc(S(C)(=O)=O)ccc2OCC(F)(F)F)C3)noc1C(C)(F)F. The van der Waals surface area contributed by atoms with E-state index in [1.165, 1.54) is 11.8 Å². The average Bonchev–Trinajstić information content (AvgIpc) is 3.04. The van der Waals surface area contributed by atoms with Crippen LogP contribution in [0.1, 0.15) is 40.7 Å². The predicted octanol–water partition coefficient (Wildman–Crippen LogP) is 3.85. The van der Waals surface area contributed by atoms with Gasteiger partial charge in [0.05, 0.1) is 16.2 Å². The molecule has 0 N–H and O–H groups in total. The van der Waals surface area contributed by atoms with E-state index in [2.05, 4.69) is 5.16 Å². The van der Waals surface area contributed by atoms with Crippen molar-refractivity contribution in [1.29, 1.82) is 0 Å². The summed E-state index contributed by atoms with van der Waals surface area (Å²) in [6.07, 6.45) is -3.18. The molecule has 1 saturated carbocycles. The Bertz CT molecular complexity index is 1250. The van der Waals surface area contributed by atoms with Gasteiger partial charge in [0.15, 0.2) is 16.4 Å². The maximum atomic E-state index is 13.8. The van der Waals surface area contributed by atoms with Gasteiger partial charge in [0, 0.05) is 37.2 Å². The zero-order valence-electron chi connectivity index (χ0n) is 18.4. The van der Waals surface area contributed by atoms with Gasteiger partial charge in [-0.15, -0.1) is 0 Å². The molecule has 7 nitrogen and oxygen atoms in total. The highest BCUT2D eigenvalue weighted by molar-refractivity contribution is 7.90. The zero-order valence-corrected chi connectivity index (χ0v) is 19.2. The molecule has 2 aromatic rings. The first-order valence-electron chi connectivity index (χ1n) is 10.2. The van der Waals surface area contributed by atoms with Crippen LogP contribution in [0.2, 0.25) is 0 Å². The second kappa shape index (κ2) is 7.65. The molecule has 1 amide bonds. The highest BCUT2D eigenvalue weighted by Crippen LogP contribution is 2.60. The number of carbonyl (C=O) groups is 1. The number of halogens is 5. The van der Waals surface area contributed by atoms with Crippen molar-refractivity contribution in [3.8, 4) is 5.75 Å². The monoisotopic (exact) mass is 508 g/mol. The van der Waals surface area contributed by atoms with Gasteiger partial charge in [-0.2, -0.15) is 22.0 Å². The Hall–Kier alpha value is -2.70. The van der Waals surface area contributed by atoms with Crippen molar-refractivity contribution in [2.24, 2.45) is 5.92 Å². The number of fused-ring (bicyclic) bond motifs is 1. The summed E-state index contributed by atoms with van der Waals surface area (Å²) in [5, 5.41) is 3.84. The van der Waals surface area contributed by atoms with E-state index in [1.54, 1.807) is 0 Å². The smallest absolute Gasteiger partial charge is 0.422 e. The molecular formula is C21H21F5N2O5S. The molecule has 0 spiro atoms. The first-order chi connectivity index (χ1) is 15.5. The van der Waals surface area contributed by atoms with Crippen LogP contribution in [0.4, 0.5) is 22.0 Å². The van der Waals surface area contributed by atoms with Crippen LogP contribution in [-0.4, -0.2) is 56.5 Å². The van der Waals surface area contributed by atoms with Crippen molar-refractivity contribution in [3.05, 3.63) is 40.8 Å². The molecule has 1 aliphatic heterocycles. The fraction of sp³-hybridized carbons (Fsp3) is 0.524. The minimum absolute atomic E-state index is 0.0699. The number of nitrogens with zero attached hydrogens (tertiary/aromatic N) is 2. The summed E-state index contributed by atoms with van der Waals surface area (Å²) in [5.41, 5.74) is -0.518. The maximum Gasteiger partial charge on any atom is 0.422 e. The van der Waals surface area contributed by atoms with E-state index in [1.807, 2.05) is 0 Å². The summed E-state index contributed by atoms with van der Waals surface area (Å²) < 4.78 is 99.1. The summed E-state index contributed by atoms with van der Waals surface area (Å²) >= 11 is 0. The molecule has 1 saturated heterocycles. The Morgan fingerprint density at radius 2 is 1.97 bits per heavy atom. The van der Waals surface area contributed by atoms with Gasteiger partial charge < -0.3 is 14.2 Å². The highest BCUT2D eigenvalue weighted by Gasteiger charge is 2.64. The van der Waals surface area contributed by atoms with Crippen molar-refractivity contribution in [2.45, 2.75) is 42.7 Å². The van der Waals surface area contributed by atoms with Crippen molar-refractivity contribution in [1.82, 2.24) is 10.1 Å². The summed E-state index contributed by atoms with van der Waals surface area (Å²) in [6.45, 7) is 0.759. The minimum Gasteiger partial charge on any atom is -0.483 e. The summed E-state index contributed by atoms with van der Waals surface area (Å²) in [6, 6.07) is 3.06. The zero-order chi connectivity index (χ0) is 25.3. The number of amides is 1. The minimum atomic E-state index is -4.67. The van der Waals surface area contributed by atoms with Crippen LogP contribution in [0.15, 0.2) is 27.6 Å². The van der Waals surface area contributed by atoms with Gasteiger partial charge in [0.1, 0.15) is 5.75 Å². The van der Waals surface area contributed by atoms with Gasteiger partial charge in [-0.3, -0.25) is 4.79 Å². The van der Waals surface area contributed by atoms with E-state index in [0.717, 1.165) is 24.5 Å². The number of hydrogen-bond acceptors (Lipinski definition) is 6. The van der Waals surface area contributed by atoms with Gasteiger partial charge >= 0.3 is 12.1 Å². The van der Waals surface area contributed by atoms with Crippen LogP contribution in [0.3, 0.4) is 0 Å². The molecule has 1 aromatic carbocycles. The average molecular weight is 508 g/mol. The lowest BCUT2D eigenvalue weighted by Gasteiger charge is -2.22. The lowest BCUT2D eigenvalue weighted by atomic mass is 9.96. The Labute approximate surface area is 191 Å². The number of sulfone groups is 1. The second-order valence-electron chi connectivity index (χ2n) is 8.95. The van der Waals surface area contributed by atoms with Crippen molar-refractivity contribution >= 4 is 15.7 Å². The normalized spacial score (nSPS) is 22.6. The molecule has 2 aliphatic rings. The number of hydrogen-bond donors (Lipinski definition) is 0. The van der Waals surface area contributed by atoms with Crippen LogP contribution < -0.4 is 4.74 Å². The quantitative estimate of drug-likeness (QED) is 0.551. The number of benzene rings is 1. The van der Waals surface area contributed by atoms with Gasteiger partial charge in [-0.25, -0.2) is 8.42 Å². The molecule has 186 valence electrons. The van der Waals surface area contributed by atoms with Gasteiger partial charge in [-0.1, -0.05) is 5.16 Å². The Kier molecular flexibility index (Phi) is 5.50. The van der Waals surface area contributed by atoms with Crippen molar-refractivity contribution < 1.29 is 44.4 Å². The third-order valence-electron chi connectivity index (χ3n) is 6.23. The first kappa shape index (κ1) is 24.4. The Morgan fingerprint density at radius 1 is 1.29 bits per heavy atom. The van der Waals surface area contributed by atoms with Crippen molar-refractivity contribution in [2.75, 3.05) is 26.0 Å². The third kappa shape index (κ3) is 4.37. The van der Waals surface area contributed by atoms with Crippen molar-refractivity contribution in [3.63, 3.8) is 0 Å². The number of alkyl halides is 5. The van der Waals surface area contributed by atoms with Gasteiger partial charge in [0.2, 0.25) is 5.76 Å². The van der Waals surface area contributed by atoms with Gasteiger partial charge in [0.25, 0.3) is 5.91 Å². The predicted molar refractivity (Wildman–Crippen MR) is 108 cm³/mol. The van der Waals surface area contributed by atoms with E-state index in [0.29, 0.717) is 19.0 Å². The number of rotatable bonds is 6. The van der Waals surface area contributed by atoms with Crippen LogP contribution in [-0.2, 0) is 21.2 Å². The molecule has 34 heavy (non-hydrogen) atoms. The summed E-state index contributed by atoms with van der Waals surface area (Å²) in [5.74, 6) is -5.03. The maximum absolute atomic E-state index is 13.8. The largest absolute Gasteiger partial charge is 0.483 e. The van der Waals surface area contributed by atoms with E-state index in [-0.39, 0.29) is 35.0 Å². The molecule has 0 radical (unpaired) electrons. The number of carbonyl (C=O) groups excluding carboxylic acids is 1. The van der Waals surface area contributed by atoms with Crippen LogP contribution in [0.25, 0.3) is 0 Å². The molecule has 2 fully saturated rings. The lowest BCUT2D eigenvalue weighted by Crippen LogP contribution is -2.33. The molecule has 1 aromatic heterocycles. The molecule has 4 rings (SSSR count). The lowest BCUT2D eigenvalue weighted by molar-refractivity contribution is -0.153. The molecule has 2 atom stereocenters. The molecule has 1 aliphatic carbocycles. The van der Waals surface area contributed by atoms with Crippen LogP contribution in [0.5, 0.6) is 5.75 Å². The third-order valence-corrected chi connectivity index (χ3v) is 7.34. The summed E-state index contributed by atoms with van der Waals surface area (Å²) in [4.78, 5) is 14.4.